The molecule has 2 heterocycles. The van der Waals surface area contributed by atoms with Crippen molar-refractivity contribution in [3.05, 3.63) is 102 Å². The summed E-state index contributed by atoms with van der Waals surface area (Å²) in [5, 5.41) is 1.07. The number of aromatic amines is 1. The van der Waals surface area contributed by atoms with Crippen molar-refractivity contribution in [3.63, 3.8) is 0 Å². The number of H-pyrrole nitrogens is 1. The smallest absolute Gasteiger partial charge is 0.163 e. The minimum absolute atomic E-state index is 0.206. The van der Waals surface area contributed by atoms with Gasteiger partial charge in [-0.2, -0.15) is 0 Å². The van der Waals surface area contributed by atoms with Crippen molar-refractivity contribution in [1.82, 2.24) is 9.97 Å². The van der Waals surface area contributed by atoms with E-state index in [4.69, 9.17) is 9.47 Å². The number of methoxy groups -OCH3 is 1. The lowest BCUT2D eigenvalue weighted by Crippen LogP contribution is -2.02. The van der Waals surface area contributed by atoms with Gasteiger partial charge < -0.3 is 14.5 Å². The fourth-order valence-electron chi connectivity index (χ4n) is 3.47. The average Bonchev–Trinajstić information content (AvgIpc) is 3.35. The first-order valence-corrected chi connectivity index (χ1v) is 10.8. The molecule has 0 bridgehead atoms. The van der Waals surface area contributed by atoms with Gasteiger partial charge in [-0.3, -0.25) is 14.6 Å². The Labute approximate surface area is 197 Å². The first-order chi connectivity index (χ1) is 16.6. The predicted octanol–water partition coefficient (Wildman–Crippen LogP) is 5.41. The number of aromatic nitrogens is 2. The van der Waals surface area contributed by atoms with E-state index < -0.39 is 0 Å². The van der Waals surface area contributed by atoms with Crippen molar-refractivity contribution in [2.45, 2.75) is 13.0 Å². The molecule has 2 aromatic heterocycles. The zero-order chi connectivity index (χ0) is 23.8. The van der Waals surface area contributed by atoms with Crippen molar-refractivity contribution in [3.8, 4) is 11.5 Å². The lowest BCUT2D eigenvalue weighted by atomic mass is 10.1. The normalized spacial score (nSPS) is 11.3. The molecule has 2 aromatic carbocycles. The van der Waals surface area contributed by atoms with Crippen LogP contribution in [0.4, 0.5) is 0 Å². The maximum Gasteiger partial charge on any atom is 0.163 e. The summed E-state index contributed by atoms with van der Waals surface area (Å²) in [5.74, 6) is 0.663. The van der Waals surface area contributed by atoms with Crippen LogP contribution in [0, 0.1) is 0 Å². The predicted molar refractivity (Wildman–Crippen MR) is 133 cm³/mol. The number of carbonyl (C=O) groups excluding carboxylic acids is 2. The highest BCUT2D eigenvalue weighted by molar-refractivity contribution is 6.11. The zero-order valence-corrected chi connectivity index (χ0v) is 18.7. The standard InChI is InChI=1S/C28H24N2O4/c1-33-27-17-26(34-19-20-4-3-14-29-18-20)12-9-21(27)7-10-24(31)16-25(32)11-8-22-5-2-6-23-13-15-30-28(22)23/h2-15,17-18,30H,16,19H2,1H3. The van der Waals surface area contributed by atoms with Crippen LogP contribution in [0.1, 0.15) is 23.1 Å². The molecule has 6 heteroatoms. The summed E-state index contributed by atoms with van der Waals surface area (Å²) in [6, 6.07) is 17.0. The molecule has 1 N–H and O–H groups in total. The van der Waals surface area contributed by atoms with E-state index in [1.807, 2.05) is 42.6 Å². The molecule has 170 valence electrons. The van der Waals surface area contributed by atoms with Crippen LogP contribution in [0.25, 0.3) is 23.1 Å². The number of hydrogen-bond acceptors (Lipinski definition) is 5. The summed E-state index contributed by atoms with van der Waals surface area (Å²) in [4.78, 5) is 31.8. The molecule has 4 aromatic rings. The van der Waals surface area contributed by atoms with E-state index in [9.17, 15) is 9.59 Å². The molecule has 0 aliphatic heterocycles. The van der Waals surface area contributed by atoms with E-state index in [2.05, 4.69) is 9.97 Å². The van der Waals surface area contributed by atoms with Crippen LogP contribution in [0.15, 0.2) is 85.3 Å². The third-order valence-corrected chi connectivity index (χ3v) is 5.20. The van der Waals surface area contributed by atoms with Crippen LogP contribution in [-0.2, 0) is 16.2 Å². The summed E-state index contributed by atoms with van der Waals surface area (Å²) < 4.78 is 11.2. The van der Waals surface area contributed by atoms with E-state index in [1.165, 1.54) is 12.2 Å². The number of para-hydroxylation sites is 1. The fourth-order valence-corrected chi connectivity index (χ4v) is 3.47. The van der Waals surface area contributed by atoms with Gasteiger partial charge in [0, 0.05) is 35.8 Å². The summed E-state index contributed by atoms with van der Waals surface area (Å²) in [5.41, 5.74) is 3.53. The topological polar surface area (TPSA) is 81.3 Å². The Kier molecular flexibility index (Phi) is 7.30. The Hall–Kier alpha value is -4.45. The number of carbonyl (C=O) groups is 2. The summed E-state index contributed by atoms with van der Waals surface area (Å²) in [7, 11) is 1.55. The molecule has 0 atom stereocenters. The maximum absolute atomic E-state index is 12.3. The summed E-state index contributed by atoms with van der Waals surface area (Å²) in [6.45, 7) is 0.388. The number of ether oxygens (including phenoxy) is 2. The number of rotatable bonds is 10. The highest BCUT2D eigenvalue weighted by Gasteiger charge is 2.07. The van der Waals surface area contributed by atoms with Crippen LogP contribution < -0.4 is 9.47 Å². The number of pyridine rings is 1. The summed E-state index contributed by atoms with van der Waals surface area (Å²) in [6.07, 6.45) is 11.3. The molecule has 0 spiro atoms. The zero-order valence-electron chi connectivity index (χ0n) is 18.7. The summed E-state index contributed by atoms with van der Waals surface area (Å²) >= 11 is 0. The Balaban J connectivity index is 1.35. The fraction of sp³-hybridized carbons (Fsp3) is 0.107. The van der Waals surface area contributed by atoms with Crippen LogP contribution in [0.2, 0.25) is 0 Å². The number of nitrogens with zero attached hydrogens (tertiary/aromatic N) is 1. The van der Waals surface area contributed by atoms with Crippen molar-refractivity contribution in [1.29, 1.82) is 0 Å². The van der Waals surface area contributed by atoms with Gasteiger partial charge >= 0.3 is 0 Å². The first-order valence-electron chi connectivity index (χ1n) is 10.8. The van der Waals surface area contributed by atoms with Crippen molar-refractivity contribution >= 4 is 34.6 Å². The van der Waals surface area contributed by atoms with Gasteiger partial charge in [-0.25, -0.2) is 0 Å². The number of hydrogen-bond donors (Lipinski definition) is 1. The van der Waals surface area contributed by atoms with Gasteiger partial charge in [-0.15, -0.1) is 0 Å². The quantitative estimate of drug-likeness (QED) is 0.257. The van der Waals surface area contributed by atoms with Crippen LogP contribution in [0.3, 0.4) is 0 Å². The van der Waals surface area contributed by atoms with Gasteiger partial charge in [0.25, 0.3) is 0 Å². The largest absolute Gasteiger partial charge is 0.496 e. The second kappa shape index (κ2) is 10.9. The molecule has 0 saturated heterocycles. The van der Waals surface area contributed by atoms with Crippen molar-refractivity contribution < 1.29 is 19.1 Å². The van der Waals surface area contributed by atoms with Crippen LogP contribution in [-0.4, -0.2) is 28.6 Å². The first kappa shape index (κ1) is 22.7. The Morgan fingerprint density at radius 1 is 0.971 bits per heavy atom. The molecule has 0 unspecified atom stereocenters. The minimum Gasteiger partial charge on any atom is -0.496 e. The highest BCUT2D eigenvalue weighted by Crippen LogP contribution is 2.26. The minimum atomic E-state index is -0.285. The molecular weight excluding hydrogens is 428 g/mol. The lowest BCUT2D eigenvalue weighted by molar-refractivity contribution is -0.121. The SMILES string of the molecule is COc1cc(OCc2cccnc2)ccc1C=CC(=O)CC(=O)C=Cc1cccc2cc[nH]c12. The molecule has 0 saturated carbocycles. The molecule has 0 amide bonds. The molecule has 0 radical (unpaired) electrons. The molecular formula is C28H24N2O4. The molecule has 6 nitrogen and oxygen atoms in total. The Bertz CT molecular complexity index is 1350. The second-order valence-corrected chi connectivity index (χ2v) is 7.62. The molecule has 34 heavy (non-hydrogen) atoms. The van der Waals surface area contributed by atoms with E-state index >= 15 is 0 Å². The van der Waals surface area contributed by atoms with Gasteiger partial charge in [0.15, 0.2) is 11.6 Å². The number of benzene rings is 2. The molecule has 0 aliphatic carbocycles. The molecule has 0 fully saturated rings. The van der Waals surface area contributed by atoms with Gasteiger partial charge in [0.2, 0.25) is 0 Å². The number of ketones is 2. The number of nitrogens with one attached hydrogen (secondary N) is 1. The van der Waals surface area contributed by atoms with Crippen LogP contribution >= 0.6 is 0 Å². The van der Waals surface area contributed by atoms with Gasteiger partial charge in [-0.05, 0) is 59.5 Å². The van der Waals surface area contributed by atoms with Crippen molar-refractivity contribution in [2.75, 3.05) is 7.11 Å². The molecule has 4 rings (SSSR count). The third kappa shape index (κ3) is 5.86. The van der Waals surface area contributed by atoms with E-state index in [-0.39, 0.29) is 18.0 Å². The lowest BCUT2D eigenvalue weighted by Gasteiger charge is -2.10. The Morgan fingerprint density at radius 2 is 1.79 bits per heavy atom. The van der Waals surface area contributed by atoms with Crippen LogP contribution in [0.5, 0.6) is 11.5 Å². The van der Waals surface area contributed by atoms with Gasteiger partial charge in [0.1, 0.15) is 18.1 Å². The average molecular weight is 453 g/mol. The molecule has 0 aliphatic rings. The monoisotopic (exact) mass is 452 g/mol. The van der Waals surface area contributed by atoms with E-state index in [1.54, 1.807) is 49.9 Å². The second-order valence-electron chi connectivity index (χ2n) is 7.62. The highest BCUT2D eigenvalue weighted by atomic mass is 16.5. The van der Waals surface area contributed by atoms with Gasteiger partial charge in [-0.1, -0.05) is 24.3 Å². The van der Waals surface area contributed by atoms with Crippen molar-refractivity contribution in [2.24, 2.45) is 0 Å². The van der Waals surface area contributed by atoms with E-state index in [0.717, 1.165) is 22.0 Å². The Morgan fingerprint density at radius 3 is 2.56 bits per heavy atom. The maximum atomic E-state index is 12.3. The number of fused-ring (bicyclic) bond motifs is 1. The third-order valence-electron chi connectivity index (χ3n) is 5.20. The number of allylic oxidation sites excluding steroid dienone is 2. The van der Waals surface area contributed by atoms with Gasteiger partial charge in [0.05, 0.1) is 19.0 Å². The van der Waals surface area contributed by atoms with E-state index in [0.29, 0.717) is 23.7 Å².